The molecule has 2 heterocycles. The second kappa shape index (κ2) is 8.24. The van der Waals surface area contributed by atoms with Crippen molar-refractivity contribution in [2.45, 2.75) is 31.8 Å². The first kappa shape index (κ1) is 18.9. The van der Waals surface area contributed by atoms with Crippen LogP contribution >= 0.6 is 0 Å². The van der Waals surface area contributed by atoms with Gasteiger partial charge in [0.05, 0.1) is 19.1 Å². The van der Waals surface area contributed by atoms with Crippen LogP contribution in [0.3, 0.4) is 0 Å². The molecule has 2 aliphatic heterocycles. The third-order valence-electron chi connectivity index (χ3n) is 5.37. The highest BCUT2D eigenvalue weighted by Gasteiger charge is 2.43. The van der Waals surface area contributed by atoms with Gasteiger partial charge in [0.15, 0.2) is 11.5 Å². The number of aliphatic hydroxyl groups is 2. The van der Waals surface area contributed by atoms with Gasteiger partial charge in [-0.1, -0.05) is 6.07 Å². The number of aliphatic hydroxyl groups excluding tert-OH is 2. The number of rotatable bonds is 7. The third kappa shape index (κ3) is 3.95. The molecule has 2 aliphatic rings. The van der Waals surface area contributed by atoms with E-state index in [0.717, 1.165) is 12.0 Å². The van der Waals surface area contributed by atoms with Crippen LogP contribution in [0.2, 0.25) is 0 Å². The first-order chi connectivity index (χ1) is 12.6. The number of carbonyl (C=O) groups is 1. The molecular formula is C19H27NO6. The van der Waals surface area contributed by atoms with Crippen LogP contribution in [0.4, 0.5) is 0 Å². The second-order valence-electron chi connectivity index (χ2n) is 7.10. The number of benzene rings is 1. The van der Waals surface area contributed by atoms with Crippen molar-refractivity contribution >= 4 is 5.91 Å². The number of likely N-dealkylation sites (tertiary alicyclic amines) is 1. The van der Waals surface area contributed by atoms with E-state index in [0.29, 0.717) is 44.0 Å². The predicted octanol–water partition coefficient (Wildman–Crippen LogP) is 0.956. The molecule has 7 nitrogen and oxygen atoms in total. The number of fused-ring (bicyclic) bond motifs is 1. The molecule has 1 aromatic rings. The van der Waals surface area contributed by atoms with Crippen LogP contribution in [0, 0.1) is 5.41 Å². The van der Waals surface area contributed by atoms with Crippen molar-refractivity contribution in [3.8, 4) is 11.5 Å². The van der Waals surface area contributed by atoms with Crippen molar-refractivity contribution in [3.05, 3.63) is 23.8 Å². The zero-order valence-corrected chi connectivity index (χ0v) is 15.1. The summed E-state index contributed by atoms with van der Waals surface area (Å²) in [6, 6.07) is 5.51. The van der Waals surface area contributed by atoms with Gasteiger partial charge in [0.25, 0.3) is 0 Å². The van der Waals surface area contributed by atoms with Crippen molar-refractivity contribution in [2.75, 3.05) is 40.2 Å². The molecule has 144 valence electrons. The van der Waals surface area contributed by atoms with Crippen molar-refractivity contribution in [2.24, 2.45) is 5.41 Å². The van der Waals surface area contributed by atoms with E-state index in [2.05, 4.69) is 0 Å². The molecule has 0 aliphatic carbocycles. The van der Waals surface area contributed by atoms with Crippen LogP contribution in [-0.4, -0.2) is 67.3 Å². The van der Waals surface area contributed by atoms with Crippen molar-refractivity contribution in [1.82, 2.24) is 4.90 Å². The molecule has 0 saturated carbocycles. The van der Waals surface area contributed by atoms with Gasteiger partial charge in [0, 0.05) is 32.2 Å². The van der Waals surface area contributed by atoms with E-state index >= 15 is 0 Å². The Kier molecular flexibility index (Phi) is 6.01. The normalized spacial score (nSPS) is 24.7. The van der Waals surface area contributed by atoms with Crippen LogP contribution in [0.1, 0.15) is 24.8 Å². The maximum absolute atomic E-state index is 12.8. The fourth-order valence-electron chi connectivity index (χ4n) is 3.75. The average molecular weight is 365 g/mol. The number of carbonyl (C=O) groups excluding carboxylic acids is 1. The summed E-state index contributed by atoms with van der Waals surface area (Å²) < 4.78 is 15.7. The molecule has 0 aromatic heterocycles. The average Bonchev–Trinajstić information content (AvgIpc) is 3.11. The summed E-state index contributed by atoms with van der Waals surface area (Å²) in [5, 5.41) is 20.4. The largest absolute Gasteiger partial charge is 0.454 e. The zero-order chi connectivity index (χ0) is 18.6. The Morgan fingerprint density at radius 3 is 2.96 bits per heavy atom. The molecule has 2 atom stereocenters. The summed E-state index contributed by atoms with van der Waals surface area (Å²) in [6.45, 7) is 1.48. The smallest absolute Gasteiger partial charge is 0.231 e. The minimum atomic E-state index is -0.679. The summed E-state index contributed by atoms with van der Waals surface area (Å²) >= 11 is 0. The lowest BCUT2D eigenvalue weighted by Crippen LogP contribution is -2.55. The Morgan fingerprint density at radius 1 is 1.38 bits per heavy atom. The van der Waals surface area contributed by atoms with Crippen LogP contribution in [0.15, 0.2) is 18.2 Å². The number of ether oxygens (including phenoxy) is 3. The van der Waals surface area contributed by atoms with E-state index in [1.165, 1.54) is 0 Å². The number of hydrogen-bond acceptors (Lipinski definition) is 6. The first-order valence-electron chi connectivity index (χ1n) is 9.02. The highest BCUT2D eigenvalue weighted by molar-refractivity contribution is 5.79. The van der Waals surface area contributed by atoms with Crippen LogP contribution in [0.25, 0.3) is 0 Å². The SMILES string of the molecule is COCCC[C@@]1(CO)CN(C(=O)Cc2ccc3c(c2)OCO3)CC[C@H]1O. The Labute approximate surface area is 153 Å². The van der Waals surface area contributed by atoms with Crippen molar-refractivity contribution in [3.63, 3.8) is 0 Å². The standard InChI is InChI=1S/C19H27NO6/c1-24-8-2-6-19(12-21)11-20(7-5-17(19)22)18(23)10-14-3-4-15-16(9-14)26-13-25-15/h3-4,9,17,21-22H,2,5-8,10-13H2,1H3/t17-,19+/m1/s1. The lowest BCUT2D eigenvalue weighted by Gasteiger charge is -2.45. The van der Waals surface area contributed by atoms with Gasteiger partial charge >= 0.3 is 0 Å². The fourth-order valence-corrected chi connectivity index (χ4v) is 3.75. The van der Waals surface area contributed by atoms with Gasteiger partial charge in [-0.2, -0.15) is 0 Å². The molecule has 1 amide bonds. The van der Waals surface area contributed by atoms with E-state index in [9.17, 15) is 15.0 Å². The molecule has 3 rings (SSSR count). The van der Waals surface area contributed by atoms with E-state index < -0.39 is 11.5 Å². The van der Waals surface area contributed by atoms with Gasteiger partial charge in [-0.3, -0.25) is 4.79 Å². The molecule has 26 heavy (non-hydrogen) atoms. The van der Waals surface area contributed by atoms with Crippen LogP contribution in [0.5, 0.6) is 11.5 Å². The third-order valence-corrected chi connectivity index (χ3v) is 5.37. The maximum Gasteiger partial charge on any atom is 0.231 e. The van der Waals surface area contributed by atoms with Crippen LogP contribution < -0.4 is 9.47 Å². The van der Waals surface area contributed by atoms with Crippen LogP contribution in [-0.2, 0) is 16.0 Å². The summed E-state index contributed by atoms with van der Waals surface area (Å²) in [6.07, 6.45) is 1.47. The lowest BCUT2D eigenvalue weighted by atomic mass is 9.74. The van der Waals surface area contributed by atoms with Gasteiger partial charge in [-0.05, 0) is 37.0 Å². The highest BCUT2D eigenvalue weighted by atomic mass is 16.7. The Balaban J connectivity index is 1.65. The van der Waals surface area contributed by atoms with E-state index in [4.69, 9.17) is 14.2 Å². The quantitative estimate of drug-likeness (QED) is 0.700. The minimum Gasteiger partial charge on any atom is -0.454 e. The topological polar surface area (TPSA) is 88.5 Å². The Bertz CT molecular complexity index is 636. The fraction of sp³-hybridized carbons (Fsp3) is 0.632. The summed E-state index contributed by atoms with van der Waals surface area (Å²) in [4.78, 5) is 14.5. The van der Waals surface area contributed by atoms with Gasteiger partial charge < -0.3 is 29.3 Å². The molecular weight excluding hydrogens is 338 g/mol. The molecule has 1 aromatic carbocycles. The van der Waals surface area contributed by atoms with Gasteiger partial charge in [-0.25, -0.2) is 0 Å². The van der Waals surface area contributed by atoms with Gasteiger partial charge in [0.2, 0.25) is 12.7 Å². The van der Waals surface area contributed by atoms with Gasteiger partial charge in [-0.15, -0.1) is 0 Å². The summed E-state index contributed by atoms with van der Waals surface area (Å²) in [5.74, 6) is 1.34. The lowest BCUT2D eigenvalue weighted by molar-refractivity contribution is -0.142. The maximum atomic E-state index is 12.8. The van der Waals surface area contributed by atoms with E-state index in [1.54, 1.807) is 12.0 Å². The number of methoxy groups -OCH3 is 1. The molecule has 0 radical (unpaired) electrons. The molecule has 0 spiro atoms. The minimum absolute atomic E-state index is 0.0136. The molecule has 1 saturated heterocycles. The van der Waals surface area contributed by atoms with E-state index in [1.807, 2.05) is 18.2 Å². The molecule has 0 bridgehead atoms. The Hall–Kier alpha value is -1.83. The highest BCUT2D eigenvalue weighted by Crippen LogP contribution is 2.36. The summed E-state index contributed by atoms with van der Waals surface area (Å²) in [7, 11) is 1.63. The summed E-state index contributed by atoms with van der Waals surface area (Å²) in [5.41, 5.74) is 0.181. The molecule has 2 N–H and O–H groups in total. The molecule has 1 fully saturated rings. The zero-order valence-electron chi connectivity index (χ0n) is 15.1. The molecule has 7 heteroatoms. The number of hydrogen-bond donors (Lipinski definition) is 2. The van der Waals surface area contributed by atoms with E-state index in [-0.39, 0.29) is 25.7 Å². The number of amides is 1. The van der Waals surface area contributed by atoms with Crippen molar-refractivity contribution < 1.29 is 29.2 Å². The first-order valence-corrected chi connectivity index (χ1v) is 9.02. The predicted molar refractivity (Wildman–Crippen MR) is 94.1 cm³/mol. The Morgan fingerprint density at radius 2 is 2.19 bits per heavy atom. The second-order valence-corrected chi connectivity index (χ2v) is 7.10. The monoisotopic (exact) mass is 365 g/mol. The number of nitrogens with zero attached hydrogens (tertiary/aromatic N) is 1. The molecule has 0 unspecified atom stereocenters. The number of piperidine rings is 1. The van der Waals surface area contributed by atoms with Gasteiger partial charge in [0.1, 0.15) is 0 Å². The van der Waals surface area contributed by atoms with Crippen molar-refractivity contribution in [1.29, 1.82) is 0 Å².